The van der Waals surface area contributed by atoms with Gasteiger partial charge in [0.15, 0.2) is 0 Å². The van der Waals surface area contributed by atoms with Crippen LogP contribution >= 0.6 is 0 Å². The molecule has 0 fully saturated rings. The van der Waals surface area contributed by atoms with E-state index in [1.807, 2.05) is 0 Å². The van der Waals surface area contributed by atoms with Crippen LogP contribution in [0.15, 0.2) is 79.0 Å². The van der Waals surface area contributed by atoms with Crippen molar-refractivity contribution in [2.75, 3.05) is 5.32 Å². The number of aromatic nitrogens is 2. The molecular formula is C22H14F3N3O. The van der Waals surface area contributed by atoms with Crippen LogP contribution in [0.5, 0.6) is 0 Å². The number of fused-ring (bicyclic) bond motifs is 1. The molecule has 4 aromatic rings. The molecule has 0 atom stereocenters. The van der Waals surface area contributed by atoms with Crippen LogP contribution in [0, 0.1) is 0 Å². The van der Waals surface area contributed by atoms with Crippen LogP contribution in [0.25, 0.3) is 22.2 Å². The van der Waals surface area contributed by atoms with Crippen LogP contribution in [0.3, 0.4) is 0 Å². The van der Waals surface area contributed by atoms with Crippen molar-refractivity contribution in [2.45, 2.75) is 6.18 Å². The van der Waals surface area contributed by atoms with Crippen molar-refractivity contribution in [3.05, 3.63) is 90.1 Å². The first-order valence-electron chi connectivity index (χ1n) is 8.72. The van der Waals surface area contributed by atoms with Crippen LogP contribution < -0.4 is 5.32 Å². The lowest BCUT2D eigenvalue weighted by atomic mass is 10.0. The van der Waals surface area contributed by atoms with Crippen LogP contribution in [0.4, 0.5) is 19.0 Å². The Morgan fingerprint density at radius 1 is 0.897 bits per heavy atom. The number of nitrogens with zero attached hydrogens (tertiary/aromatic N) is 2. The molecule has 144 valence electrons. The average Bonchev–Trinajstić information content (AvgIpc) is 2.73. The topological polar surface area (TPSA) is 54.9 Å². The van der Waals surface area contributed by atoms with Gasteiger partial charge in [-0.15, -0.1) is 0 Å². The fourth-order valence-corrected chi connectivity index (χ4v) is 3.03. The lowest BCUT2D eigenvalue weighted by Gasteiger charge is -2.15. The zero-order valence-electron chi connectivity index (χ0n) is 14.9. The lowest BCUT2D eigenvalue weighted by molar-refractivity contribution is -0.137. The first-order chi connectivity index (χ1) is 13.9. The predicted octanol–water partition coefficient (Wildman–Crippen LogP) is 5.57. The number of pyridine rings is 2. The Kier molecular flexibility index (Phi) is 4.72. The van der Waals surface area contributed by atoms with E-state index in [0.29, 0.717) is 11.4 Å². The fourth-order valence-electron chi connectivity index (χ4n) is 3.03. The summed E-state index contributed by atoms with van der Waals surface area (Å²) in [5.41, 5.74) is -0.393. The number of carbonyl (C=O) groups is 1. The zero-order chi connectivity index (χ0) is 20.4. The molecule has 0 aliphatic heterocycles. The van der Waals surface area contributed by atoms with Crippen LogP contribution in [0.1, 0.15) is 15.9 Å². The Labute approximate surface area is 164 Å². The maximum absolute atomic E-state index is 13.7. The first-order valence-corrected chi connectivity index (χ1v) is 8.72. The summed E-state index contributed by atoms with van der Waals surface area (Å²) in [7, 11) is 0. The molecule has 7 heteroatoms. The van der Waals surface area contributed by atoms with Crippen molar-refractivity contribution < 1.29 is 18.0 Å². The minimum absolute atomic E-state index is 0.166. The Morgan fingerprint density at radius 3 is 2.34 bits per heavy atom. The second-order valence-electron chi connectivity index (χ2n) is 6.29. The summed E-state index contributed by atoms with van der Waals surface area (Å²) in [5, 5.41) is 2.87. The second-order valence-corrected chi connectivity index (χ2v) is 6.29. The summed E-state index contributed by atoms with van der Waals surface area (Å²) in [6.45, 7) is 0. The first kappa shape index (κ1) is 18.6. The molecule has 2 aromatic carbocycles. The normalized spacial score (nSPS) is 11.4. The SMILES string of the molecule is O=C(Nc1ccccn1)c1cccc2cc(C(F)(F)F)c(-c3ccccc3)nc12. The highest BCUT2D eigenvalue weighted by molar-refractivity contribution is 6.11. The number of hydrogen-bond acceptors (Lipinski definition) is 3. The highest BCUT2D eigenvalue weighted by Crippen LogP contribution is 2.38. The molecule has 1 N–H and O–H groups in total. The van der Waals surface area contributed by atoms with Gasteiger partial charge in [0.25, 0.3) is 5.91 Å². The molecule has 0 saturated heterocycles. The molecule has 0 aliphatic rings. The molecule has 1 amide bonds. The van der Waals surface area contributed by atoms with E-state index >= 15 is 0 Å². The van der Waals surface area contributed by atoms with Crippen LogP contribution in [-0.4, -0.2) is 15.9 Å². The number of para-hydroxylation sites is 1. The summed E-state index contributed by atoms with van der Waals surface area (Å²) in [6.07, 6.45) is -3.06. The van der Waals surface area contributed by atoms with Crippen molar-refractivity contribution in [1.29, 1.82) is 0 Å². The third-order valence-electron chi connectivity index (χ3n) is 4.35. The fraction of sp³-hybridized carbons (Fsp3) is 0.0455. The molecule has 0 spiro atoms. The minimum Gasteiger partial charge on any atom is -0.306 e. The molecule has 0 bridgehead atoms. The minimum atomic E-state index is -4.58. The van der Waals surface area contributed by atoms with Gasteiger partial charge >= 0.3 is 6.18 Å². The average molecular weight is 393 g/mol. The van der Waals surface area contributed by atoms with Gasteiger partial charge in [0.1, 0.15) is 5.82 Å². The Balaban J connectivity index is 1.89. The maximum Gasteiger partial charge on any atom is 0.418 e. The van der Waals surface area contributed by atoms with Crippen molar-refractivity contribution >= 4 is 22.6 Å². The molecule has 0 saturated carbocycles. The molecule has 0 unspecified atom stereocenters. The largest absolute Gasteiger partial charge is 0.418 e. The van der Waals surface area contributed by atoms with Gasteiger partial charge in [-0.25, -0.2) is 9.97 Å². The van der Waals surface area contributed by atoms with Gasteiger partial charge in [-0.1, -0.05) is 48.5 Å². The number of nitrogens with one attached hydrogen (secondary N) is 1. The van der Waals surface area contributed by atoms with Crippen molar-refractivity contribution in [1.82, 2.24) is 9.97 Å². The standard InChI is InChI=1S/C22H14F3N3O/c23-22(24,25)17-13-15-9-6-10-16(21(29)27-18-11-4-5-12-26-18)19(15)28-20(17)14-7-2-1-3-8-14/h1-13H,(H,26,27,29). The zero-order valence-corrected chi connectivity index (χ0v) is 14.9. The molecular weight excluding hydrogens is 379 g/mol. The van der Waals surface area contributed by atoms with Crippen molar-refractivity contribution in [3.63, 3.8) is 0 Å². The molecule has 0 radical (unpaired) electrons. The third kappa shape index (κ3) is 3.80. The number of carbonyl (C=O) groups excluding carboxylic acids is 1. The van der Waals surface area contributed by atoms with Gasteiger partial charge in [-0.2, -0.15) is 13.2 Å². The van der Waals surface area contributed by atoms with Crippen molar-refractivity contribution in [3.8, 4) is 11.3 Å². The van der Waals surface area contributed by atoms with E-state index in [0.717, 1.165) is 6.07 Å². The number of anilines is 1. The molecule has 29 heavy (non-hydrogen) atoms. The molecule has 4 rings (SSSR count). The van der Waals surface area contributed by atoms with E-state index in [2.05, 4.69) is 15.3 Å². The number of amides is 1. The Morgan fingerprint density at radius 2 is 1.66 bits per heavy atom. The van der Waals surface area contributed by atoms with Crippen LogP contribution in [0.2, 0.25) is 0 Å². The maximum atomic E-state index is 13.7. The van der Waals surface area contributed by atoms with Gasteiger partial charge in [0, 0.05) is 17.1 Å². The van der Waals surface area contributed by atoms with E-state index in [4.69, 9.17) is 0 Å². The van der Waals surface area contributed by atoms with Gasteiger partial charge in [0.2, 0.25) is 0 Å². The highest BCUT2D eigenvalue weighted by Gasteiger charge is 2.35. The summed E-state index contributed by atoms with van der Waals surface area (Å²) in [4.78, 5) is 21.1. The van der Waals surface area contributed by atoms with E-state index in [1.165, 1.54) is 24.4 Å². The molecule has 4 nitrogen and oxygen atoms in total. The number of hydrogen-bond donors (Lipinski definition) is 1. The summed E-state index contributed by atoms with van der Waals surface area (Å²) in [6, 6.07) is 18.7. The van der Waals surface area contributed by atoms with Crippen LogP contribution in [-0.2, 0) is 6.18 Å². The van der Waals surface area contributed by atoms with Gasteiger partial charge < -0.3 is 5.32 Å². The molecule has 0 aliphatic carbocycles. The van der Waals surface area contributed by atoms with E-state index in [-0.39, 0.29) is 22.2 Å². The lowest BCUT2D eigenvalue weighted by Crippen LogP contribution is -2.15. The summed E-state index contributed by atoms with van der Waals surface area (Å²) >= 11 is 0. The van der Waals surface area contributed by atoms with Gasteiger partial charge in [-0.3, -0.25) is 4.79 Å². The van der Waals surface area contributed by atoms with E-state index in [9.17, 15) is 18.0 Å². The van der Waals surface area contributed by atoms with Gasteiger partial charge in [-0.05, 0) is 24.3 Å². The number of rotatable bonds is 3. The Bertz CT molecular complexity index is 1180. The van der Waals surface area contributed by atoms with E-state index < -0.39 is 17.6 Å². The van der Waals surface area contributed by atoms with Gasteiger partial charge in [0.05, 0.1) is 22.3 Å². The Hall–Kier alpha value is -3.74. The summed E-state index contributed by atoms with van der Waals surface area (Å²) in [5.74, 6) is -0.162. The van der Waals surface area contributed by atoms with Crippen molar-refractivity contribution in [2.24, 2.45) is 0 Å². The molecule has 2 aromatic heterocycles. The second kappa shape index (κ2) is 7.35. The summed E-state index contributed by atoms with van der Waals surface area (Å²) < 4.78 is 41.0. The van der Waals surface area contributed by atoms with E-state index in [1.54, 1.807) is 48.5 Å². The number of benzene rings is 2. The highest BCUT2D eigenvalue weighted by atomic mass is 19.4. The quantitative estimate of drug-likeness (QED) is 0.495. The molecule has 2 heterocycles. The predicted molar refractivity (Wildman–Crippen MR) is 104 cm³/mol. The number of halogens is 3. The monoisotopic (exact) mass is 393 g/mol. The smallest absolute Gasteiger partial charge is 0.306 e. The third-order valence-corrected chi connectivity index (χ3v) is 4.35. The number of alkyl halides is 3.